The van der Waals surface area contributed by atoms with E-state index >= 15 is 0 Å². The standard InChI is InChI=1S/C5H11NOS/c1-3-6(5-8)7-4-2/h5H,3-4H2,1-2H3. The van der Waals surface area contributed by atoms with Crippen molar-refractivity contribution in [2.75, 3.05) is 13.2 Å². The van der Waals surface area contributed by atoms with Gasteiger partial charge in [-0.15, -0.1) is 0 Å². The minimum absolute atomic E-state index is 0.682. The Bertz CT molecular complexity index is 67.4. The van der Waals surface area contributed by atoms with E-state index in [2.05, 4.69) is 12.2 Å². The lowest BCUT2D eigenvalue weighted by atomic mass is 10.7. The molecule has 0 saturated heterocycles. The predicted molar refractivity (Wildman–Crippen MR) is 37.7 cm³/mol. The highest BCUT2D eigenvalue weighted by atomic mass is 32.1. The number of hydroxylamine groups is 2. The Morgan fingerprint density at radius 1 is 1.62 bits per heavy atom. The summed E-state index contributed by atoms with van der Waals surface area (Å²) in [5, 5.41) is 1.62. The number of thiocarbonyl (C=S) groups is 1. The van der Waals surface area contributed by atoms with E-state index in [1.807, 2.05) is 13.8 Å². The van der Waals surface area contributed by atoms with Crippen LogP contribution in [-0.2, 0) is 4.84 Å². The second-order valence-corrected chi connectivity index (χ2v) is 1.47. The zero-order valence-corrected chi connectivity index (χ0v) is 6.07. The Kier molecular flexibility index (Phi) is 4.90. The van der Waals surface area contributed by atoms with Crippen LogP contribution in [0.1, 0.15) is 13.8 Å². The van der Waals surface area contributed by atoms with Crippen LogP contribution < -0.4 is 0 Å². The fraction of sp³-hybridized carbons (Fsp3) is 0.800. The molecule has 0 amide bonds. The summed E-state index contributed by atoms with van der Waals surface area (Å²) < 4.78 is 0. The molecule has 0 radical (unpaired) electrons. The van der Waals surface area contributed by atoms with Gasteiger partial charge >= 0.3 is 0 Å². The van der Waals surface area contributed by atoms with Crippen molar-refractivity contribution in [1.29, 1.82) is 0 Å². The van der Waals surface area contributed by atoms with Gasteiger partial charge in [0, 0.05) is 6.54 Å². The van der Waals surface area contributed by atoms with Crippen LogP contribution in [-0.4, -0.2) is 23.7 Å². The third-order valence-corrected chi connectivity index (χ3v) is 0.959. The lowest BCUT2D eigenvalue weighted by molar-refractivity contribution is -0.0827. The van der Waals surface area contributed by atoms with Crippen molar-refractivity contribution < 1.29 is 4.84 Å². The van der Waals surface area contributed by atoms with Crippen molar-refractivity contribution >= 4 is 17.7 Å². The second-order valence-electron chi connectivity index (χ2n) is 1.26. The molecule has 0 unspecified atom stereocenters. The lowest BCUT2D eigenvalue weighted by Crippen LogP contribution is -2.20. The van der Waals surface area contributed by atoms with Crippen LogP contribution >= 0.6 is 12.2 Å². The van der Waals surface area contributed by atoms with Crippen LogP contribution in [0.2, 0.25) is 0 Å². The highest BCUT2D eigenvalue weighted by molar-refractivity contribution is 7.78. The van der Waals surface area contributed by atoms with E-state index in [1.165, 1.54) is 5.49 Å². The van der Waals surface area contributed by atoms with Crippen LogP contribution in [0.15, 0.2) is 0 Å². The molecule has 0 aliphatic rings. The van der Waals surface area contributed by atoms with E-state index in [-0.39, 0.29) is 0 Å². The first-order valence-electron chi connectivity index (χ1n) is 2.70. The maximum atomic E-state index is 5.01. The zero-order valence-electron chi connectivity index (χ0n) is 5.26. The normalized spacial score (nSPS) is 8.75. The first-order valence-corrected chi connectivity index (χ1v) is 3.17. The molecular formula is C5H11NOS. The van der Waals surface area contributed by atoms with E-state index < -0.39 is 0 Å². The SMILES string of the molecule is CCON(C=S)CC. The van der Waals surface area contributed by atoms with Crippen molar-refractivity contribution in [2.45, 2.75) is 13.8 Å². The summed E-state index contributed by atoms with van der Waals surface area (Å²) in [6, 6.07) is 0. The summed E-state index contributed by atoms with van der Waals surface area (Å²) in [6.07, 6.45) is 0. The van der Waals surface area contributed by atoms with Crippen molar-refractivity contribution in [2.24, 2.45) is 0 Å². The second kappa shape index (κ2) is 5.00. The van der Waals surface area contributed by atoms with E-state index in [0.29, 0.717) is 6.61 Å². The fourth-order valence-corrected chi connectivity index (χ4v) is 0.572. The van der Waals surface area contributed by atoms with Gasteiger partial charge in [-0.1, -0.05) is 12.2 Å². The number of hydrogen-bond acceptors (Lipinski definition) is 2. The molecular weight excluding hydrogens is 122 g/mol. The molecule has 0 N–H and O–H groups in total. The highest BCUT2D eigenvalue weighted by Crippen LogP contribution is 1.82. The first-order chi connectivity index (χ1) is 3.85. The van der Waals surface area contributed by atoms with E-state index in [4.69, 9.17) is 4.84 Å². The molecule has 0 heterocycles. The monoisotopic (exact) mass is 133 g/mol. The molecule has 0 bridgehead atoms. The van der Waals surface area contributed by atoms with E-state index in [0.717, 1.165) is 6.54 Å². The summed E-state index contributed by atoms with van der Waals surface area (Å²) in [6.45, 7) is 5.41. The third kappa shape index (κ3) is 2.93. The summed E-state index contributed by atoms with van der Waals surface area (Å²) in [7, 11) is 0. The lowest BCUT2D eigenvalue weighted by Gasteiger charge is -2.13. The average molecular weight is 133 g/mol. The maximum Gasteiger partial charge on any atom is 0.0904 e. The molecule has 8 heavy (non-hydrogen) atoms. The van der Waals surface area contributed by atoms with Crippen LogP contribution in [0.3, 0.4) is 0 Å². The number of rotatable bonds is 4. The van der Waals surface area contributed by atoms with Crippen LogP contribution in [0, 0.1) is 0 Å². The highest BCUT2D eigenvalue weighted by Gasteiger charge is 1.89. The molecule has 0 atom stereocenters. The molecule has 2 nitrogen and oxygen atoms in total. The molecule has 0 aliphatic heterocycles. The van der Waals surface area contributed by atoms with Gasteiger partial charge in [-0.3, -0.25) is 9.90 Å². The Hall–Kier alpha value is -0.150. The predicted octanol–water partition coefficient (Wildman–Crippen LogP) is 1.22. The molecule has 48 valence electrons. The minimum atomic E-state index is 0.682. The molecule has 0 fully saturated rings. The topological polar surface area (TPSA) is 12.5 Å². The van der Waals surface area contributed by atoms with Gasteiger partial charge in [-0.2, -0.15) is 0 Å². The molecule has 0 saturated carbocycles. The Morgan fingerprint density at radius 3 is 2.38 bits per heavy atom. The molecule has 0 spiro atoms. The Balaban J connectivity index is 3.21. The molecule has 0 aromatic rings. The van der Waals surface area contributed by atoms with Crippen LogP contribution in [0.5, 0.6) is 0 Å². The first kappa shape index (κ1) is 7.85. The van der Waals surface area contributed by atoms with Gasteiger partial charge in [-0.25, -0.2) is 0 Å². The van der Waals surface area contributed by atoms with Gasteiger partial charge in [-0.05, 0) is 13.8 Å². The number of hydrogen-bond donors (Lipinski definition) is 0. The molecule has 0 rings (SSSR count). The van der Waals surface area contributed by atoms with Crippen molar-refractivity contribution in [1.82, 2.24) is 5.06 Å². The van der Waals surface area contributed by atoms with Crippen molar-refractivity contribution in [3.05, 3.63) is 0 Å². The largest absolute Gasteiger partial charge is 0.274 e. The molecule has 0 aromatic heterocycles. The number of nitrogens with zero attached hydrogens (tertiary/aromatic N) is 1. The quantitative estimate of drug-likeness (QED) is 0.422. The summed E-state index contributed by atoms with van der Waals surface area (Å²) in [4.78, 5) is 5.01. The Morgan fingerprint density at radius 2 is 2.25 bits per heavy atom. The zero-order chi connectivity index (χ0) is 6.41. The minimum Gasteiger partial charge on any atom is -0.274 e. The summed E-state index contributed by atoms with van der Waals surface area (Å²) >= 11 is 4.61. The van der Waals surface area contributed by atoms with E-state index in [1.54, 1.807) is 5.06 Å². The summed E-state index contributed by atoms with van der Waals surface area (Å²) in [5.74, 6) is 0. The third-order valence-electron chi connectivity index (χ3n) is 0.724. The average Bonchev–Trinajstić information content (AvgIpc) is 1.83. The van der Waals surface area contributed by atoms with E-state index in [9.17, 15) is 0 Å². The van der Waals surface area contributed by atoms with Crippen molar-refractivity contribution in [3.63, 3.8) is 0 Å². The smallest absolute Gasteiger partial charge is 0.0904 e. The Labute approximate surface area is 55.4 Å². The molecule has 3 heteroatoms. The van der Waals surface area contributed by atoms with Crippen molar-refractivity contribution in [3.8, 4) is 0 Å². The fourth-order valence-electron chi connectivity index (χ4n) is 0.362. The van der Waals surface area contributed by atoms with Gasteiger partial charge in [0.25, 0.3) is 0 Å². The van der Waals surface area contributed by atoms with Gasteiger partial charge in [0.1, 0.15) is 0 Å². The summed E-state index contributed by atoms with van der Waals surface area (Å²) in [5.41, 5.74) is 1.50. The maximum absolute atomic E-state index is 5.01. The van der Waals surface area contributed by atoms with Crippen LogP contribution in [0.25, 0.3) is 0 Å². The van der Waals surface area contributed by atoms with Gasteiger partial charge in [0.05, 0.1) is 12.1 Å². The van der Waals surface area contributed by atoms with Crippen LogP contribution in [0.4, 0.5) is 0 Å². The van der Waals surface area contributed by atoms with Gasteiger partial charge < -0.3 is 0 Å². The molecule has 0 aromatic carbocycles. The van der Waals surface area contributed by atoms with Gasteiger partial charge in [0.2, 0.25) is 0 Å². The molecule has 0 aliphatic carbocycles. The van der Waals surface area contributed by atoms with Gasteiger partial charge in [0.15, 0.2) is 0 Å².